The summed E-state index contributed by atoms with van der Waals surface area (Å²) in [6, 6.07) is 5.44. The maximum Gasteiger partial charge on any atom is 0.274 e. The molecule has 6 nitrogen and oxygen atoms in total. The smallest absolute Gasteiger partial charge is 0.274 e. The molecule has 1 aliphatic rings. The SMILES string of the molecule is Cc1nccc(C(=O)Nc2cc3sc([C@H]4CC[C@H](C(C)C)CC4)nc3cc2C(C)(C)O)n1. The summed E-state index contributed by atoms with van der Waals surface area (Å²) in [5.74, 6) is 2.27. The molecule has 4 rings (SSSR count). The molecule has 0 spiro atoms. The molecule has 0 saturated heterocycles. The lowest BCUT2D eigenvalue weighted by Crippen LogP contribution is -2.21. The quantitative estimate of drug-likeness (QED) is 0.510. The number of carbonyl (C=O) groups is 1. The molecule has 1 aliphatic carbocycles. The van der Waals surface area contributed by atoms with E-state index in [1.165, 1.54) is 30.7 Å². The summed E-state index contributed by atoms with van der Waals surface area (Å²) >= 11 is 1.70. The van der Waals surface area contributed by atoms with Crippen LogP contribution in [0.2, 0.25) is 0 Å². The van der Waals surface area contributed by atoms with Crippen LogP contribution in [0.25, 0.3) is 10.2 Å². The molecule has 0 bridgehead atoms. The van der Waals surface area contributed by atoms with Crippen molar-refractivity contribution in [2.45, 2.75) is 71.8 Å². The fourth-order valence-electron chi connectivity index (χ4n) is 4.58. The van der Waals surface area contributed by atoms with Crippen LogP contribution in [0.15, 0.2) is 24.4 Å². The maximum atomic E-state index is 12.8. The van der Waals surface area contributed by atoms with Gasteiger partial charge in [0.1, 0.15) is 11.5 Å². The number of benzene rings is 1. The van der Waals surface area contributed by atoms with Crippen molar-refractivity contribution < 1.29 is 9.90 Å². The van der Waals surface area contributed by atoms with E-state index in [9.17, 15) is 9.90 Å². The van der Waals surface area contributed by atoms with E-state index in [2.05, 4.69) is 29.1 Å². The lowest BCUT2D eigenvalue weighted by molar-refractivity contribution is 0.0794. The van der Waals surface area contributed by atoms with Gasteiger partial charge in [0, 0.05) is 23.4 Å². The molecule has 1 saturated carbocycles. The molecular weight excluding hydrogens is 420 g/mol. The number of thiazole rings is 1. The van der Waals surface area contributed by atoms with Crippen LogP contribution in [-0.4, -0.2) is 26.0 Å². The second-order valence-corrected chi connectivity index (χ2v) is 10.8. The van der Waals surface area contributed by atoms with Crippen LogP contribution >= 0.6 is 11.3 Å². The van der Waals surface area contributed by atoms with Gasteiger partial charge in [0.2, 0.25) is 0 Å². The summed E-state index contributed by atoms with van der Waals surface area (Å²) in [4.78, 5) is 26.0. The Kier molecular flexibility index (Phi) is 6.32. The molecule has 2 heterocycles. The maximum absolute atomic E-state index is 12.8. The Morgan fingerprint density at radius 3 is 2.53 bits per heavy atom. The highest BCUT2D eigenvalue weighted by molar-refractivity contribution is 7.18. The predicted octanol–water partition coefficient (Wildman–Crippen LogP) is 5.80. The Morgan fingerprint density at radius 2 is 1.91 bits per heavy atom. The Labute approximate surface area is 193 Å². The van der Waals surface area contributed by atoms with Gasteiger partial charge in [-0.2, -0.15) is 0 Å². The normalized spacial score (nSPS) is 19.5. The molecule has 3 aromatic rings. The molecular formula is C25H32N4O2S. The number of amides is 1. The summed E-state index contributed by atoms with van der Waals surface area (Å²) in [6.07, 6.45) is 6.44. The largest absolute Gasteiger partial charge is 0.386 e. The Balaban J connectivity index is 1.64. The molecule has 170 valence electrons. The standard InChI is InChI=1S/C25H32N4O2S/c1-14(2)16-6-8-17(9-7-16)24-29-21-12-18(25(4,5)31)20(13-22(21)32-24)28-23(30)19-10-11-26-15(3)27-19/h10-14,16-17,31H,6-9H2,1-5H3,(H,28,30)/t16-,17-. The number of rotatable bonds is 5. The van der Waals surface area contributed by atoms with Crippen molar-refractivity contribution in [1.82, 2.24) is 15.0 Å². The number of nitrogens with zero attached hydrogens (tertiary/aromatic N) is 3. The molecule has 32 heavy (non-hydrogen) atoms. The molecule has 2 aromatic heterocycles. The van der Waals surface area contributed by atoms with Crippen molar-refractivity contribution in [3.63, 3.8) is 0 Å². The first-order chi connectivity index (χ1) is 15.1. The molecule has 0 atom stereocenters. The zero-order valence-corrected chi connectivity index (χ0v) is 20.3. The first kappa shape index (κ1) is 22.8. The predicted molar refractivity (Wildman–Crippen MR) is 129 cm³/mol. The van der Waals surface area contributed by atoms with Crippen LogP contribution < -0.4 is 5.32 Å². The number of aliphatic hydroxyl groups is 1. The van der Waals surface area contributed by atoms with E-state index in [-0.39, 0.29) is 5.91 Å². The first-order valence-electron chi connectivity index (χ1n) is 11.4. The van der Waals surface area contributed by atoms with Crippen LogP contribution in [0.3, 0.4) is 0 Å². The van der Waals surface area contributed by atoms with Gasteiger partial charge in [-0.25, -0.2) is 15.0 Å². The van der Waals surface area contributed by atoms with Gasteiger partial charge in [-0.15, -0.1) is 11.3 Å². The van der Waals surface area contributed by atoms with Crippen LogP contribution in [0, 0.1) is 18.8 Å². The van der Waals surface area contributed by atoms with Gasteiger partial charge < -0.3 is 10.4 Å². The molecule has 7 heteroatoms. The minimum Gasteiger partial charge on any atom is -0.386 e. The molecule has 2 N–H and O–H groups in total. The van der Waals surface area contributed by atoms with Gasteiger partial charge in [-0.05, 0) is 76.5 Å². The van der Waals surface area contributed by atoms with Crippen molar-refractivity contribution in [2.75, 3.05) is 5.32 Å². The van der Waals surface area contributed by atoms with Crippen LogP contribution in [0.1, 0.15) is 86.2 Å². The summed E-state index contributed by atoms with van der Waals surface area (Å²) in [5.41, 5.74) is 1.28. The van der Waals surface area contributed by atoms with Crippen molar-refractivity contribution in [3.8, 4) is 0 Å². The summed E-state index contributed by atoms with van der Waals surface area (Å²) in [6.45, 7) is 9.83. The van der Waals surface area contributed by atoms with E-state index in [1.54, 1.807) is 44.4 Å². The molecule has 1 fully saturated rings. The van der Waals surface area contributed by atoms with Gasteiger partial charge in [-0.3, -0.25) is 4.79 Å². The van der Waals surface area contributed by atoms with Crippen molar-refractivity contribution in [2.24, 2.45) is 11.8 Å². The molecule has 0 aliphatic heterocycles. The average Bonchev–Trinajstić information content (AvgIpc) is 3.15. The van der Waals surface area contributed by atoms with E-state index in [4.69, 9.17) is 4.98 Å². The third-order valence-corrected chi connectivity index (χ3v) is 7.70. The number of carbonyl (C=O) groups excluding carboxylic acids is 1. The van der Waals surface area contributed by atoms with E-state index in [0.717, 1.165) is 22.1 Å². The number of anilines is 1. The van der Waals surface area contributed by atoms with E-state index in [0.29, 0.717) is 28.7 Å². The van der Waals surface area contributed by atoms with E-state index in [1.807, 2.05) is 12.1 Å². The van der Waals surface area contributed by atoms with E-state index >= 15 is 0 Å². The summed E-state index contributed by atoms with van der Waals surface area (Å²) < 4.78 is 1.02. The highest BCUT2D eigenvalue weighted by atomic mass is 32.1. The number of fused-ring (bicyclic) bond motifs is 1. The minimum absolute atomic E-state index is 0.297. The number of hydrogen-bond acceptors (Lipinski definition) is 6. The molecule has 1 amide bonds. The highest BCUT2D eigenvalue weighted by Crippen LogP contribution is 2.42. The van der Waals surface area contributed by atoms with Crippen LogP contribution in [0.4, 0.5) is 5.69 Å². The Hall–Kier alpha value is -2.38. The minimum atomic E-state index is -1.13. The first-order valence-corrected chi connectivity index (χ1v) is 12.2. The van der Waals surface area contributed by atoms with Gasteiger partial charge >= 0.3 is 0 Å². The number of nitrogens with one attached hydrogen (secondary N) is 1. The monoisotopic (exact) mass is 452 g/mol. The van der Waals surface area contributed by atoms with Gasteiger partial charge in [0.15, 0.2) is 0 Å². The zero-order valence-electron chi connectivity index (χ0n) is 19.5. The third kappa shape index (κ3) is 4.84. The second-order valence-electron chi connectivity index (χ2n) is 9.78. The van der Waals surface area contributed by atoms with Gasteiger partial charge in [-0.1, -0.05) is 13.8 Å². The fourth-order valence-corrected chi connectivity index (χ4v) is 5.74. The second kappa shape index (κ2) is 8.87. The zero-order chi connectivity index (χ0) is 23.0. The fraction of sp³-hybridized carbons (Fsp3) is 0.520. The highest BCUT2D eigenvalue weighted by Gasteiger charge is 2.28. The lowest BCUT2D eigenvalue weighted by atomic mass is 9.77. The van der Waals surface area contributed by atoms with Crippen LogP contribution in [0.5, 0.6) is 0 Å². The average molecular weight is 453 g/mol. The van der Waals surface area contributed by atoms with Crippen molar-refractivity contribution in [3.05, 3.63) is 46.5 Å². The summed E-state index contributed by atoms with van der Waals surface area (Å²) in [5, 5.41) is 14.9. The van der Waals surface area contributed by atoms with Crippen LogP contribution in [-0.2, 0) is 5.60 Å². The number of aromatic nitrogens is 3. The van der Waals surface area contributed by atoms with Gasteiger partial charge in [0.25, 0.3) is 5.91 Å². The van der Waals surface area contributed by atoms with Crippen molar-refractivity contribution in [1.29, 1.82) is 0 Å². The number of hydrogen-bond donors (Lipinski definition) is 2. The molecule has 0 unspecified atom stereocenters. The lowest BCUT2D eigenvalue weighted by Gasteiger charge is -2.29. The Morgan fingerprint density at radius 1 is 1.19 bits per heavy atom. The third-order valence-electron chi connectivity index (χ3n) is 6.52. The molecule has 1 aromatic carbocycles. The molecule has 0 radical (unpaired) electrons. The van der Waals surface area contributed by atoms with Gasteiger partial charge in [0.05, 0.1) is 20.8 Å². The van der Waals surface area contributed by atoms with Crippen molar-refractivity contribution >= 4 is 33.1 Å². The summed E-state index contributed by atoms with van der Waals surface area (Å²) in [7, 11) is 0. The van der Waals surface area contributed by atoms with E-state index < -0.39 is 5.60 Å². The Bertz CT molecular complexity index is 1120. The number of aryl methyl sites for hydroxylation is 1. The topological polar surface area (TPSA) is 88.0 Å².